The number of nitrogens with one attached hydrogen (secondary N) is 7. The Hall–Kier alpha value is -15.8. The van der Waals surface area contributed by atoms with E-state index >= 15 is 0 Å². The van der Waals surface area contributed by atoms with Crippen LogP contribution in [0.2, 0.25) is 0 Å². The van der Waals surface area contributed by atoms with Crippen LogP contribution < -0.4 is 37.2 Å². The molecule has 2 unspecified atom stereocenters. The van der Waals surface area contributed by atoms with Crippen molar-refractivity contribution in [1.29, 1.82) is 0 Å². The second-order valence-corrected chi connectivity index (χ2v) is 40.7. The first-order valence-corrected chi connectivity index (χ1v) is 51.4. The van der Waals surface area contributed by atoms with E-state index in [0.717, 1.165) is 204 Å². The van der Waals surface area contributed by atoms with Gasteiger partial charge >= 0.3 is 0 Å². The molecule has 12 aromatic carbocycles. The predicted octanol–water partition coefficient (Wildman–Crippen LogP) is 20.1. The van der Waals surface area contributed by atoms with Crippen molar-refractivity contribution in [3.05, 3.63) is 343 Å². The summed E-state index contributed by atoms with van der Waals surface area (Å²) in [6.07, 6.45) is 16.2. The number of rotatable bonds is 15. The standard InChI is InChI=1S/C31H30N4O5S.C30H28N4O3.2C28H21N3O.4CH4/c1-41(39,40)35-17-6-12-23(35)29(36)32-15-7-16-34-22-11-5-4-10-20(22)25-27-26(30(37)33-31(27)38)21-14-13-18-8-2-3-9-19(18)24(21)28(25)34;35-28(21-10-5-14-31-21)32-15-6-16-34-22-11-4-3-9-19(22)24-26-25(29(36)33-30(26)37)20-13-12-17-7-1-2-8-18(17)23(20)27(24)34;32-28-26-22(15-30-28)20-13-12-17-7-1-2-9-19(17)24(20)27-25(26)21-10-3-4-11-23(21)31(27)16-18-8-5-6-14-29-18;32-28-26-21-13-12-17-7-1-2-9-19(17)24(21)27-25(22(26)15-30-28)20-10-3-4-11-23(20)31(27)16-18-8-5-6-14-29-18;;;;/h2-5,8-11,23H,6-7,12-17H2,1H3,(H,32,36)(H,33,37,38);1-4,7-9,11,21,31H,5-6,10,12-16H2,(H,32,35)(H,33,36,37);2*1-11,14H,12-13,15-16H2,(H,30,32);4*1H4. The van der Waals surface area contributed by atoms with Crippen molar-refractivity contribution >= 4 is 145 Å². The Labute approximate surface area is 846 Å². The highest BCUT2D eigenvalue weighted by molar-refractivity contribution is 7.88. The van der Waals surface area contributed by atoms with Crippen LogP contribution in [0.1, 0.15) is 197 Å². The fraction of sp³-hybridized carbons (Fsp3) is 0.256. The van der Waals surface area contributed by atoms with Gasteiger partial charge < -0.3 is 44.9 Å². The molecule has 12 heterocycles. The van der Waals surface area contributed by atoms with Gasteiger partial charge in [0.25, 0.3) is 35.4 Å². The van der Waals surface area contributed by atoms with Gasteiger partial charge in [-0.05, 0) is 223 Å². The van der Waals surface area contributed by atoms with E-state index in [1.165, 1.54) is 87.3 Å². The molecule has 146 heavy (non-hydrogen) atoms. The minimum absolute atomic E-state index is 0. The van der Waals surface area contributed by atoms with Crippen molar-refractivity contribution in [3.63, 3.8) is 0 Å². The molecule has 24 nitrogen and oxygen atoms in total. The first-order valence-electron chi connectivity index (χ1n) is 49.5. The molecule has 736 valence electrons. The first kappa shape index (κ1) is 96.3. The van der Waals surface area contributed by atoms with Crippen LogP contribution in [0, 0.1) is 0 Å². The largest absolute Gasteiger partial charge is 0.355 e. The summed E-state index contributed by atoms with van der Waals surface area (Å²) in [6.45, 7) is 6.04. The molecular formula is C121H116N14O10S. The monoisotopic (exact) mass is 1960 g/mol. The molecular weight excluding hydrogens is 1840 g/mol. The molecule has 4 aliphatic carbocycles. The lowest BCUT2D eigenvalue weighted by atomic mass is 9.80. The second kappa shape index (κ2) is 38.7. The molecule has 0 spiro atoms. The molecule has 2 fully saturated rings. The quantitative estimate of drug-likeness (QED) is 0.0371. The summed E-state index contributed by atoms with van der Waals surface area (Å²) in [6, 6.07) is 78.5. The van der Waals surface area contributed by atoms with Crippen LogP contribution in [-0.2, 0) is 110 Å². The topological polar surface area (TPSA) is 304 Å². The van der Waals surface area contributed by atoms with Crippen molar-refractivity contribution < 1.29 is 46.8 Å². The number of imide groups is 2. The van der Waals surface area contributed by atoms with Gasteiger partial charge in [-0.15, -0.1) is 0 Å². The summed E-state index contributed by atoms with van der Waals surface area (Å²) in [5, 5.41) is 28.8. The van der Waals surface area contributed by atoms with Gasteiger partial charge in [-0.2, -0.15) is 4.31 Å². The van der Waals surface area contributed by atoms with E-state index in [-0.39, 0.29) is 83.0 Å². The van der Waals surface area contributed by atoms with Crippen LogP contribution in [0.5, 0.6) is 0 Å². The van der Waals surface area contributed by atoms with Gasteiger partial charge in [0.1, 0.15) is 6.04 Å². The maximum absolute atomic E-state index is 13.2. The molecule has 2 atom stereocenters. The summed E-state index contributed by atoms with van der Waals surface area (Å²) < 4.78 is 34.8. The highest BCUT2D eigenvalue weighted by atomic mass is 32.2. The Morgan fingerprint density at radius 2 is 0.719 bits per heavy atom. The Morgan fingerprint density at radius 1 is 0.356 bits per heavy atom. The maximum Gasteiger partial charge on any atom is 0.259 e. The number of benzene rings is 12. The van der Waals surface area contributed by atoms with Crippen LogP contribution in [0.3, 0.4) is 0 Å². The van der Waals surface area contributed by atoms with E-state index < -0.39 is 16.1 Å². The normalized spacial score (nSPS) is 16.0. The lowest BCUT2D eigenvalue weighted by Gasteiger charge is -2.24. The molecule has 6 aromatic heterocycles. The van der Waals surface area contributed by atoms with Crippen molar-refractivity contribution in [2.75, 3.05) is 32.4 Å². The zero-order valence-electron chi connectivity index (χ0n) is 78.3. The van der Waals surface area contributed by atoms with Gasteiger partial charge in [0.15, 0.2) is 0 Å². The van der Waals surface area contributed by atoms with Gasteiger partial charge in [-0.25, -0.2) is 8.42 Å². The molecule has 10 aliphatic rings. The number of para-hydroxylation sites is 4. The minimum Gasteiger partial charge on any atom is -0.355 e. The number of carbonyl (C=O) groups is 8. The molecule has 25 heteroatoms. The second-order valence-electron chi connectivity index (χ2n) is 38.7. The molecule has 0 radical (unpaired) electrons. The number of sulfonamides is 1. The van der Waals surface area contributed by atoms with Gasteiger partial charge in [-0.3, -0.25) is 59.0 Å². The number of aryl methyl sites for hydroxylation is 6. The third kappa shape index (κ3) is 15.7. The third-order valence-electron chi connectivity index (χ3n) is 31.0. The van der Waals surface area contributed by atoms with E-state index in [2.05, 4.69) is 211 Å². The number of amides is 8. The first-order chi connectivity index (χ1) is 69.5. The van der Waals surface area contributed by atoms with Gasteiger partial charge in [0, 0.05) is 151 Å². The smallest absolute Gasteiger partial charge is 0.259 e. The molecule has 0 saturated carbocycles. The van der Waals surface area contributed by atoms with Crippen LogP contribution >= 0.6 is 0 Å². The highest BCUT2D eigenvalue weighted by Gasteiger charge is 2.44. The van der Waals surface area contributed by atoms with Crippen molar-refractivity contribution in [1.82, 2.24) is 69.8 Å². The molecule has 8 amide bonds. The molecule has 18 aromatic rings. The summed E-state index contributed by atoms with van der Waals surface area (Å²) in [4.78, 5) is 113. The van der Waals surface area contributed by atoms with Crippen molar-refractivity contribution in [3.8, 4) is 44.5 Å². The summed E-state index contributed by atoms with van der Waals surface area (Å²) in [5.41, 5.74) is 35.8. The molecule has 28 rings (SSSR count). The molecule has 7 N–H and O–H groups in total. The van der Waals surface area contributed by atoms with E-state index in [0.29, 0.717) is 107 Å². The number of hydrogen-bond acceptors (Lipinski definition) is 13. The average molecular weight is 1960 g/mol. The summed E-state index contributed by atoms with van der Waals surface area (Å²) in [5.74, 6) is -1.39. The van der Waals surface area contributed by atoms with Crippen LogP contribution in [0.25, 0.3) is 132 Å². The van der Waals surface area contributed by atoms with E-state index in [1.54, 1.807) is 0 Å². The Bertz CT molecular complexity index is 8660. The van der Waals surface area contributed by atoms with Gasteiger partial charge in [-0.1, -0.05) is 212 Å². The molecule has 6 aliphatic heterocycles. The predicted molar refractivity (Wildman–Crippen MR) is 580 cm³/mol. The molecule has 2 saturated heterocycles. The lowest BCUT2D eigenvalue weighted by molar-refractivity contribution is -0.124. The van der Waals surface area contributed by atoms with E-state index in [9.17, 15) is 46.8 Å². The van der Waals surface area contributed by atoms with E-state index in [1.807, 2.05) is 97.3 Å². The maximum atomic E-state index is 13.2. The Kier molecular flexibility index (Phi) is 25.5. The fourth-order valence-corrected chi connectivity index (χ4v) is 26.2. The summed E-state index contributed by atoms with van der Waals surface area (Å²) in [7, 11) is -3.45. The average Bonchev–Trinajstić information content (AvgIpc) is 1.54. The zero-order valence-corrected chi connectivity index (χ0v) is 79.2. The number of carbonyl (C=O) groups excluding carboxylic acids is 8. The third-order valence-corrected chi connectivity index (χ3v) is 32.3. The fourth-order valence-electron chi connectivity index (χ4n) is 25.1. The zero-order chi connectivity index (χ0) is 96.0. The van der Waals surface area contributed by atoms with Crippen molar-refractivity contribution in [2.45, 2.75) is 171 Å². The molecule has 0 bridgehead atoms. The van der Waals surface area contributed by atoms with E-state index in [4.69, 9.17) is 0 Å². The van der Waals surface area contributed by atoms with Crippen LogP contribution in [0.4, 0.5) is 0 Å². The number of aromatic nitrogens is 6. The number of hydrogen-bond donors (Lipinski definition) is 7. The SMILES string of the molecule is C.C.C.C.CS(=O)(=O)N1CCCC1C(=O)NCCCn1c2ccccc2c2c3c(c4c(c21)-c1ccccc1CC4)C(=O)NC3=O.O=C1NC(=O)c2c1c1c(c3c2c2ccccc2n3CCCNC(=O)C2CCCN2)-c2ccccc2CC1.O=C1NCc2c1c1c(c3c2c2ccccc2n3Cc2ccccn2)-c2ccccc2CC1.O=C1NCc2c3c(c4c(c21)c1ccccc1n4Cc1ccccn1)-c1ccccc1CC3. The Balaban J connectivity index is 0.000000114. The van der Waals surface area contributed by atoms with Crippen LogP contribution in [0.15, 0.2) is 243 Å². The van der Waals surface area contributed by atoms with Gasteiger partial charge in [0.05, 0.1) is 86.7 Å². The number of fused-ring (bicyclic) bond motifs is 40. The van der Waals surface area contributed by atoms with Crippen molar-refractivity contribution in [2.24, 2.45) is 0 Å². The Morgan fingerprint density at radius 3 is 1.16 bits per heavy atom. The minimum atomic E-state index is -3.45. The summed E-state index contributed by atoms with van der Waals surface area (Å²) >= 11 is 0. The number of pyridine rings is 2. The van der Waals surface area contributed by atoms with Gasteiger partial charge in [0.2, 0.25) is 21.8 Å². The highest BCUT2D eigenvalue weighted by Crippen LogP contribution is 2.54. The van der Waals surface area contributed by atoms with Crippen LogP contribution in [-0.4, -0.2) is 133 Å². The number of nitrogens with zero attached hydrogens (tertiary/aromatic N) is 7. The lowest BCUT2D eigenvalue weighted by Crippen LogP contribution is -2.45.